The number of alkyl halides is 3. The first-order valence-electron chi connectivity index (χ1n) is 3.11. The lowest BCUT2D eigenvalue weighted by Gasteiger charge is -2.17. The number of hydrogen-bond donors (Lipinski definition) is 0. The number of rotatable bonds is 0. The Labute approximate surface area is 67.3 Å². The van der Waals surface area contributed by atoms with Crippen molar-refractivity contribution in [3.8, 4) is 0 Å². The van der Waals surface area contributed by atoms with E-state index in [1.54, 1.807) is 0 Å². The SMILES string of the molecule is FC(F)(F)C1C=CC(Cl)=CC1. The fourth-order valence-electron chi connectivity index (χ4n) is 0.837. The lowest BCUT2D eigenvalue weighted by molar-refractivity contribution is -0.160. The van der Waals surface area contributed by atoms with Crippen molar-refractivity contribution in [2.24, 2.45) is 5.92 Å². The molecular weight excluding hydrogens is 177 g/mol. The van der Waals surface area contributed by atoms with Crippen molar-refractivity contribution in [1.82, 2.24) is 0 Å². The van der Waals surface area contributed by atoms with Crippen LogP contribution in [-0.2, 0) is 0 Å². The Bertz CT molecular complexity index is 202. The maximum absolute atomic E-state index is 11.9. The van der Waals surface area contributed by atoms with Crippen molar-refractivity contribution in [2.75, 3.05) is 0 Å². The van der Waals surface area contributed by atoms with Gasteiger partial charge in [-0.1, -0.05) is 23.8 Å². The van der Waals surface area contributed by atoms with Crippen LogP contribution in [-0.4, -0.2) is 6.18 Å². The predicted molar refractivity (Wildman–Crippen MR) is 37.2 cm³/mol. The van der Waals surface area contributed by atoms with Gasteiger partial charge >= 0.3 is 6.18 Å². The van der Waals surface area contributed by atoms with E-state index in [0.717, 1.165) is 6.08 Å². The first kappa shape index (κ1) is 8.65. The van der Waals surface area contributed by atoms with Crippen molar-refractivity contribution in [2.45, 2.75) is 12.6 Å². The molecule has 1 aliphatic rings. The summed E-state index contributed by atoms with van der Waals surface area (Å²) in [6.07, 6.45) is -0.436. The van der Waals surface area contributed by atoms with Gasteiger partial charge in [0, 0.05) is 5.03 Å². The highest BCUT2D eigenvalue weighted by Crippen LogP contribution is 2.33. The predicted octanol–water partition coefficient (Wildman–Crippen LogP) is 3.25. The van der Waals surface area contributed by atoms with Gasteiger partial charge in [0.05, 0.1) is 5.92 Å². The molecule has 0 radical (unpaired) electrons. The molecule has 0 aromatic heterocycles. The first-order chi connectivity index (χ1) is 5.00. The minimum Gasteiger partial charge on any atom is -0.170 e. The maximum atomic E-state index is 11.9. The monoisotopic (exact) mass is 182 g/mol. The third-order valence-corrected chi connectivity index (χ3v) is 1.76. The molecule has 62 valence electrons. The van der Waals surface area contributed by atoms with Gasteiger partial charge in [-0.3, -0.25) is 0 Å². The summed E-state index contributed by atoms with van der Waals surface area (Å²) in [5.41, 5.74) is 0. The van der Waals surface area contributed by atoms with Crippen LogP contribution in [0.25, 0.3) is 0 Å². The third-order valence-electron chi connectivity index (χ3n) is 1.47. The van der Waals surface area contributed by atoms with Gasteiger partial charge in [-0.2, -0.15) is 13.2 Å². The van der Waals surface area contributed by atoms with E-state index in [-0.39, 0.29) is 6.42 Å². The number of allylic oxidation sites excluding steroid dienone is 4. The van der Waals surface area contributed by atoms with Gasteiger partial charge in [0.15, 0.2) is 0 Å². The van der Waals surface area contributed by atoms with Crippen molar-refractivity contribution >= 4 is 11.6 Å². The summed E-state index contributed by atoms with van der Waals surface area (Å²) < 4.78 is 35.8. The molecule has 0 saturated heterocycles. The second-order valence-corrected chi connectivity index (χ2v) is 2.77. The van der Waals surface area contributed by atoms with Gasteiger partial charge in [-0.15, -0.1) is 0 Å². The summed E-state index contributed by atoms with van der Waals surface area (Å²) in [6.45, 7) is 0. The maximum Gasteiger partial charge on any atom is 0.395 e. The first-order valence-corrected chi connectivity index (χ1v) is 3.48. The van der Waals surface area contributed by atoms with Crippen LogP contribution in [0.2, 0.25) is 0 Å². The lowest BCUT2D eigenvalue weighted by atomic mass is 10.0. The molecule has 1 unspecified atom stereocenters. The second kappa shape index (κ2) is 2.89. The largest absolute Gasteiger partial charge is 0.395 e. The molecule has 0 spiro atoms. The van der Waals surface area contributed by atoms with E-state index in [9.17, 15) is 13.2 Å². The normalized spacial score (nSPS) is 25.1. The standard InChI is InChI=1S/C7H6ClF3/c8-6-3-1-5(2-4-6)7(9,10)11/h1,3-5H,2H2. The van der Waals surface area contributed by atoms with Crippen LogP contribution in [0.1, 0.15) is 6.42 Å². The fraction of sp³-hybridized carbons (Fsp3) is 0.429. The molecule has 0 fully saturated rings. The van der Waals surface area contributed by atoms with Gasteiger partial charge in [-0.05, 0) is 12.5 Å². The molecule has 0 amide bonds. The summed E-state index contributed by atoms with van der Waals surface area (Å²) in [5.74, 6) is -1.36. The zero-order valence-electron chi connectivity index (χ0n) is 5.53. The summed E-state index contributed by atoms with van der Waals surface area (Å²) in [7, 11) is 0. The average Bonchev–Trinajstić information content (AvgIpc) is 1.86. The Hall–Kier alpha value is -0.440. The Morgan fingerprint density at radius 1 is 1.45 bits per heavy atom. The fourth-order valence-corrected chi connectivity index (χ4v) is 0.999. The van der Waals surface area contributed by atoms with Gasteiger partial charge < -0.3 is 0 Å². The molecule has 0 aliphatic heterocycles. The van der Waals surface area contributed by atoms with Crippen LogP contribution < -0.4 is 0 Å². The van der Waals surface area contributed by atoms with E-state index in [0.29, 0.717) is 5.03 Å². The Balaban J connectivity index is 2.63. The van der Waals surface area contributed by atoms with E-state index in [1.807, 2.05) is 0 Å². The van der Waals surface area contributed by atoms with Crippen LogP contribution >= 0.6 is 11.6 Å². The molecule has 0 nitrogen and oxygen atoms in total. The number of halogens is 4. The minimum absolute atomic E-state index is 0.0428. The molecule has 1 rings (SSSR count). The average molecular weight is 183 g/mol. The summed E-state index contributed by atoms with van der Waals surface area (Å²) in [5, 5.41) is 0.380. The number of hydrogen-bond acceptors (Lipinski definition) is 0. The van der Waals surface area contributed by atoms with Crippen molar-refractivity contribution < 1.29 is 13.2 Å². The van der Waals surface area contributed by atoms with Crippen molar-refractivity contribution in [3.05, 3.63) is 23.3 Å². The van der Waals surface area contributed by atoms with Crippen LogP contribution in [0.4, 0.5) is 13.2 Å². The van der Waals surface area contributed by atoms with E-state index < -0.39 is 12.1 Å². The molecule has 0 N–H and O–H groups in total. The Morgan fingerprint density at radius 3 is 2.45 bits per heavy atom. The molecule has 0 saturated carbocycles. The summed E-state index contributed by atoms with van der Waals surface area (Å²) in [4.78, 5) is 0. The topological polar surface area (TPSA) is 0 Å². The quantitative estimate of drug-likeness (QED) is 0.540. The van der Waals surface area contributed by atoms with Crippen LogP contribution in [0.3, 0.4) is 0 Å². The van der Waals surface area contributed by atoms with Gasteiger partial charge in [0.2, 0.25) is 0 Å². The molecule has 0 bridgehead atoms. The van der Waals surface area contributed by atoms with Crippen LogP contribution in [0.5, 0.6) is 0 Å². The molecule has 1 atom stereocenters. The van der Waals surface area contributed by atoms with E-state index in [4.69, 9.17) is 11.6 Å². The third kappa shape index (κ3) is 2.26. The zero-order chi connectivity index (χ0) is 8.48. The summed E-state index contributed by atoms with van der Waals surface area (Å²) in [6, 6.07) is 0. The molecular formula is C7H6ClF3. The van der Waals surface area contributed by atoms with Gasteiger partial charge in [-0.25, -0.2) is 0 Å². The highest BCUT2D eigenvalue weighted by atomic mass is 35.5. The smallest absolute Gasteiger partial charge is 0.170 e. The van der Waals surface area contributed by atoms with E-state index >= 15 is 0 Å². The van der Waals surface area contributed by atoms with Gasteiger partial charge in [0.1, 0.15) is 0 Å². The van der Waals surface area contributed by atoms with Crippen LogP contribution in [0, 0.1) is 5.92 Å². The second-order valence-electron chi connectivity index (χ2n) is 2.33. The molecule has 4 heteroatoms. The molecule has 11 heavy (non-hydrogen) atoms. The van der Waals surface area contributed by atoms with Crippen LogP contribution in [0.15, 0.2) is 23.3 Å². The molecule has 1 aliphatic carbocycles. The van der Waals surface area contributed by atoms with Gasteiger partial charge in [0.25, 0.3) is 0 Å². The molecule has 0 aromatic carbocycles. The Kier molecular flexibility index (Phi) is 2.28. The molecule has 0 heterocycles. The van der Waals surface area contributed by atoms with E-state index in [2.05, 4.69) is 0 Å². The summed E-state index contributed by atoms with van der Waals surface area (Å²) >= 11 is 5.44. The highest BCUT2D eigenvalue weighted by molar-refractivity contribution is 6.31. The van der Waals surface area contributed by atoms with Crippen molar-refractivity contribution in [3.63, 3.8) is 0 Å². The van der Waals surface area contributed by atoms with Crippen molar-refractivity contribution in [1.29, 1.82) is 0 Å². The lowest BCUT2D eigenvalue weighted by Crippen LogP contribution is -2.21. The minimum atomic E-state index is -4.13. The molecule has 0 aromatic rings. The van der Waals surface area contributed by atoms with E-state index in [1.165, 1.54) is 12.2 Å². The highest BCUT2D eigenvalue weighted by Gasteiger charge is 2.37. The Morgan fingerprint density at radius 2 is 2.09 bits per heavy atom. The zero-order valence-corrected chi connectivity index (χ0v) is 6.28.